The van der Waals surface area contributed by atoms with Gasteiger partial charge in [0.15, 0.2) is 0 Å². The van der Waals surface area contributed by atoms with Gasteiger partial charge in [0.1, 0.15) is 0 Å². The Labute approximate surface area is 143 Å². The van der Waals surface area contributed by atoms with Crippen LogP contribution >= 0.6 is 0 Å². The maximum atomic E-state index is 12.3. The highest BCUT2D eigenvalue weighted by atomic mass is 16.5. The molecule has 0 radical (unpaired) electrons. The molecule has 1 atom stereocenters. The van der Waals surface area contributed by atoms with Crippen LogP contribution in [0.5, 0.6) is 0 Å². The number of carboxylic acid groups (broad SMARTS) is 1. The second-order valence-corrected chi connectivity index (χ2v) is 7.03. The van der Waals surface area contributed by atoms with E-state index in [2.05, 4.69) is 13.8 Å². The molecule has 1 aromatic rings. The van der Waals surface area contributed by atoms with Crippen LogP contribution in [0.15, 0.2) is 24.3 Å². The van der Waals surface area contributed by atoms with Crippen LogP contribution < -0.4 is 0 Å². The predicted molar refractivity (Wildman–Crippen MR) is 92.1 cm³/mol. The Morgan fingerprint density at radius 3 is 2.17 bits per heavy atom. The molecule has 0 aliphatic rings. The Morgan fingerprint density at radius 1 is 1.12 bits per heavy atom. The highest BCUT2D eigenvalue weighted by Gasteiger charge is 2.35. The Kier molecular flexibility index (Phi) is 7.42. The third-order valence-electron chi connectivity index (χ3n) is 4.63. The fourth-order valence-corrected chi connectivity index (χ4v) is 2.55. The summed E-state index contributed by atoms with van der Waals surface area (Å²) < 4.78 is 5.41. The SMILES string of the molecule is CC(C)CCC(CO)(COC(=O)c1ccccc1C(=O)O)C(C)C. The molecule has 0 saturated heterocycles. The zero-order valence-electron chi connectivity index (χ0n) is 14.9. The molecule has 0 aliphatic heterocycles. The monoisotopic (exact) mass is 336 g/mol. The molecule has 5 nitrogen and oxygen atoms in total. The zero-order chi connectivity index (χ0) is 18.3. The molecule has 0 bridgehead atoms. The summed E-state index contributed by atoms with van der Waals surface area (Å²) in [6.07, 6.45) is 1.66. The van der Waals surface area contributed by atoms with Gasteiger partial charge >= 0.3 is 11.9 Å². The fraction of sp³-hybridized carbons (Fsp3) is 0.579. The summed E-state index contributed by atoms with van der Waals surface area (Å²) in [5.41, 5.74) is -0.564. The molecule has 0 spiro atoms. The minimum atomic E-state index is -1.17. The number of ether oxygens (including phenoxy) is 1. The summed E-state index contributed by atoms with van der Waals surface area (Å²) in [6, 6.07) is 5.98. The van der Waals surface area contributed by atoms with E-state index in [0.717, 1.165) is 12.8 Å². The summed E-state index contributed by atoms with van der Waals surface area (Å²) in [6.45, 7) is 8.20. The highest BCUT2D eigenvalue weighted by molar-refractivity contribution is 6.02. The first-order chi connectivity index (χ1) is 11.2. The lowest BCUT2D eigenvalue weighted by molar-refractivity contribution is -0.0180. The molecule has 1 unspecified atom stereocenters. The zero-order valence-corrected chi connectivity index (χ0v) is 14.9. The number of hydrogen-bond donors (Lipinski definition) is 2. The number of esters is 1. The number of hydrogen-bond acceptors (Lipinski definition) is 4. The Bertz CT molecular complexity index is 565. The molecule has 1 aromatic carbocycles. The molecule has 134 valence electrons. The van der Waals surface area contributed by atoms with Gasteiger partial charge in [-0.05, 0) is 30.4 Å². The standard InChI is InChI=1S/C19H28O5/c1-13(2)9-10-19(11-20,14(3)4)12-24-18(23)16-8-6-5-7-15(16)17(21)22/h5-8,13-14,20H,9-12H2,1-4H3,(H,21,22). The normalized spacial score (nSPS) is 13.8. The van der Waals surface area contributed by atoms with Crippen LogP contribution in [0.1, 0.15) is 61.3 Å². The van der Waals surface area contributed by atoms with Gasteiger partial charge in [0.25, 0.3) is 0 Å². The number of rotatable bonds is 9. The van der Waals surface area contributed by atoms with Crippen molar-refractivity contribution in [1.29, 1.82) is 0 Å². The van der Waals surface area contributed by atoms with Crippen LogP contribution in [0.2, 0.25) is 0 Å². The third-order valence-corrected chi connectivity index (χ3v) is 4.63. The topological polar surface area (TPSA) is 83.8 Å². The number of aliphatic hydroxyl groups excluding tert-OH is 1. The number of carbonyl (C=O) groups excluding carboxylic acids is 1. The van der Waals surface area contributed by atoms with Gasteiger partial charge in [-0.3, -0.25) is 0 Å². The minimum Gasteiger partial charge on any atom is -0.478 e. The number of aromatic carboxylic acids is 1. The summed E-state index contributed by atoms with van der Waals surface area (Å²) in [4.78, 5) is 23.5. The van der Waals surface area contributed by atoms with E-state index in [-0.39, 0.29) is 30.3 Å². The van der Waals surface area contributed by atoms with Gasteiger partial charge in [0, 0.05) is 5.41 Å². The van der Waals surface area contributed by atoms with Crippen LogP contribution in [0, 0.1) is 17.3 Å². The number of carbonyl (C=O) groups is 2. The van der Waals surface area contributed by atoms with Crippen LogP contribution in [0.25, 0.3) is 0 Å². The maximum absolute atomic E-state index is 12.3. The fourth-order valence-electron chi connectivity index (χ4n) is 2.55. The van der Waals surface area contributed by atoms with Crippen molar-refractivity contribution in [3.8, 4) is 0 Å². The molecule has 0 fully saturated rings. The number of aliphatic hydroxyl groups is 1. The number of carboxylic acids is 1. The van der Waals surface area contributed by atoms with Crippen molar-refractivity contribution in [2.75, 3.05) is 13.2 Å². The summed E-state index contributed by atoms with van der Waals surface area (Å²) >= 11 is 0. The van der Waals surface area contributed by atoms with Gasteiger partial charge in [0.05, 0.1) is 24.3 Å². The number of benzene rings is 1. The van der Waals surface area contributed by atoms with Crippen molar-refractivity contribution < 1.29 is 24.5 Å². The minimum absolute atomic E-state index is 0.0319. The third kappa shape index (κ3) is 5.06. The van der Waals surface area contributed by atoms with E-state index >= 15 is 0 Å². The summed E-state index contributed by atoms with van der Waals surface area (Å²) in [7, 11) is 0. The predicted octanol–water partition coefficient (Wildman–Crippen LogP) is 3.61. The maximum Gasteiger partial charge on any atom is 0.339 e. The quantitative estimate of drug-likeness (QED) is 0.673. The molecule has 0 saturated carbocycles. The van der Waals surface area contributed by atoms with Crippen LogP contribution in [-0.2, 0) is 4.74 Å². The van der Waals surface area contributed by atoms with Crippen molar-refractivity contribution in [2.45, 2.75) is 40.5 Å². The first-order valence-electron chi connectivity index (χ1n) is 8.34. The summed E-state index contributed by atoms with van der Waals surface area (Å²) in [5, 5.41) is 19.1. The summed E-state index contributed by atoms with van der Waals surface area (Å²) in [5.74, 6) is -1.22. The van der Waals surface area contributed by atoms with Gasteiger partial charge in [-0.2, -0.15) is 0 Å². The Morgan fingerprint density at radius 2 is 1.71 bits per heavy atom. The van der Waals surface area contributed by atoms with Crippen LogP contribution in [-0.4, -0.2) is 35.4 Å². The molecule has 5 heteroatoms. The van der Waals surface area contributed by atoms with E-state index in [4.69, 9.17) is 4.74 Å². The van der Waals surface area contributed by atoms with Crippen molar-refractivity contribution >= 4 is 11.9 Å². The second-order valence-electron chi connectivity index (χ2n) is 7.03. The molecule has 2 N–H and O–H groups in total. The van der Waals surface area contributed by atoms with Crippen molar-refractivity contribution in [3.63, 3.8) is 0 Å². The van der Waals surface area contributed by atoms with Gasteiger partial charge in [-0.15, -0.1) is 0 Å². The van der Waals surface area contributed by atoms with E-state index in [1.54, 1.807) is 12.1 Å². The molecule has 0 aromatic heterocycles. The molecule has 0 heterocycles. The van der Waals surface area contributed by atoms with E-state index < -0.39 is 17.4 Å². The molecular formula is C19H28O5. The molecule has 24 heavy (non-hydrogen) atoms. The van der Waals surface area contributed by atoms with Crippen molar-refractivity contribution in [3.05, 3.63) is 35.4 Å². The van der Waals surface area contributed by atoms with Gasteiger partial charge in [-0.1, -0.05) is 46.2 Å². The largest absolute Gasteiger partial charge is 0.478 e. The van der Waals surface area contributed by atoms with E-state index in [1.807, 2.05) is 13.8 Å². The van der Waals surface area contributed by atoms with E-state index in [0.29, 0.717) is 5.92 Å². The van der Waals surface area contributed by atoms with Crippen molar-refractivity contribution in [1.82, 2.24) is 0 Å². The average Bonchev–Trinajstić information content (AvgIpc) is 2.54. The molecular weight excluding hydrogens is 308 g/mol. The first kappa shape index (κ1) is 20.2. The molecule has 0 aliphatic carbocycles. The second kappa shape index (κ2) is 8.83. The Balaban J connectivity index is 2.90. The lowest BCUT2D eigenvalue weighted by atomic mass is 9.74. The van der Waals surface area contributed by atoms with E-state index in [9.17, 15) is 19.8 Å². The van der Waals surface area contributed by atoms with Gasteiger partial charge < -0.3 is 14.9 Å². The average molecular weight is 336 g/mol. The Hall–Kier alpha value is -1.88. The van der Waals surface area contributed by atoms with E-state index in [1.165, 1.54) is 12.1 Å². The lowest BCUT2D eigenvalue weighted by Crippen LogP contribution is -2.38. The van der Waals surface area contributed by atoms with Crippen LogP contribution in [0.3, 0.4) is 0 Å². The van der Waals surface area contributed by atoms with Gasteiger partial charge in [0.2, 0.25) is 0 Å². The molecule has 1 rings (SSSR count). The first-order valence-corrected chi connectivity index (χ1v) is 8.34. The highest BCUT2D eigenvalue weighted by Crippen LogP contribution is 2.34. The molecule has 0 amide bonds. The van der Waals surface area contributed by atoms with Crippen molar-refractivity contribution in [2.24, 2.45) is 17.3 Å². The smallest absolute Gasteiger partial charge is 0.339 e. The lowest BCUT2D eigenvalue weighted by Gasteiger charge is -2.36. The van der Waals surface area contributed by atoms with Gasteiger partial charge in [-0.25, -0.2) is 9.59 Å². The van der Waals surface area contributed by atoms with Crippen LogP contribution in [0.4, 0.5) is 0 Å².